The first-order chi connectivity index (χ1) is 8.64. The van der Waals surface area contributed by atoms with E-state index in [1.165, 1.54) is 44.9 Å². The molecule has 19 heavy (non-hydrogen) atoms. The number of hydrogen-bond acceptors (Lipinski definition) is 2. The van der Waals surface area contributed by atoms with E-state index in [0.717, 1.165) is 32.4 Å². The topological polar surface area (TPSA) is 46.3 Å². The minimum absolute atomic E-state index is 0. The van der Waals surface area contributed by atoms with E-state index in [-0.39, 0.29) is 18.3 Å². The van der Waals surface area contributed by atoms with E-state index in [4.69, 9.17) is 5.73 Å². The molecule has 0 bridgehead atoms. The Bertz CT molecular complexity index is 325. The monoisotopic (exact) mass is 286 g/mol. The van der Waals surface area contributed by atoms with Crippen LogP contribution < -0.4 is 5.73 Å². The van der Waals surface area contributed by atoms with E-state index in [2.05, 4.69) is 4.90 Å². The highest BCUT2D eigenvalue weighted by Crippen LogP contribution is 2.45. The molecule has 1 aliphatic heterocycles. The van der Waals surface area contributed by atoms with Crippen LogP contribution >= 0.6 is 12.4 Å². The van der Waals surface area contributed by atoms with E-state index < -0.39 is 5.54 Å². The molecule has 0 aromatic heterocycles. The Morgan fingerprint density at radius 3 is 1.89 bits per heavy atom. The highest BCUT2D eigenvalue weighted by molar-refractivity contribution is 5.87. The third-order valence-corrected chi connectivity index (χ3v) is 5.70. The van der Waals surface area contributed by atoms with Gasteiger partial charge < -0.3 is 10.6 Å². The molecule has 0 aromatic rings. The Morgan fingerprint density at radius 1 is 0.842 bits per heavy atom. The van der Waals surface area contributed by atoms with Gasteiger partial charge in [0.25, 0.3) is 0 Å². The molecule has 1 saturated heterocycles. The lowest BCUT2D eigenvalue weighted by Crippen LogP contribution is -2.61. The first kappa shape index (κ1) is 15.1. The molecule has 2 saturated carbocycles. The second-order valence-corrected chi connectivity index (χ2v) is 6.86. The molecule has 0 aromatic carbocycles. The van der Waals surface area contributed by atoms with Gasteiger partial charge >= 0.3 is 0 Å². The average Bonchev–Trinajstić information content (AvgIpc) is 2.37. The Kier molecular flexibility index (Phi) is 4.46. The Morgan fingerprint density at radius 2 is 1.42 bits per heavy atom. The number of halogens is 1. The molecule has 4 heteroatoms. The molecule has 0 radical (unpaired) electrons. The van der Waals surface area contributed by atoms with Crippen LogP contribution in [0.25, 0.3) is 0 Å². The van der Waals surface area contributed by atoms with Gasteiger partial charge in [-0.2, -0.15) is 0 Å². The lowest BCUT2D eigenvalue weighted by Gasteiger charge is -2.47. The number of rotatable bonds is 1. The molecule has 3 fully saturated rings. The lowest BCUT2D eigenvalue weighted by atomic mass is 9.67. The van der Waals surface area contributed by atoms with E-state index in [1.807, 2.05) is 0 Å². The Labute approximate surface area is 122 Å². The van der Waals surface area contributed by atoms with Crippen LogP contribution in [-0.2, 0) is 4.79 Å². The molecular formula is C15H27ClN2O. The van der Waals surface area contributed by atoms with E-state index in [9.17, 15) is 4.79 Å². The molecule has 110 valence electrons. The summed E-state index contributed by atoms with van der Waals surface area (Å²) >= 11 is 0. The number of piperidine rings is 1. The molecule has 1 heterocycles. The van der Waals surface area contributed by atoms with Crippen LogP contribution in [0.1, 0.15) is 64.2 Å². The van der Waals surface area contributed by atoms with Crippen LogP contribution in [0.15, 0.2) is 0 Å². The van der Waals surface area contributed by atoms with Crippen molar-refractivity contribution < 1.29 is 4.79 Å². The summed E-state index contributed by atoms with van der Waals surface area (Å²) in [6.45, 7) is 1.91. The number of nitrogens with zero attached hydrogens (tertiary/aromatic N) is 1. The minimum atomic E-state index is -0.489. The van der Waals surface area contributed by atoms with E-state index >= 15 is 0 Å². The molecule has 2 aliphatic carbocycles. The predicted molar refractivity (Wildman–Crippen MR) is 79.3 cm³/mol. The number of carbonyl (C=O) groups is 1. The SMILES string of the molecule is Cl.NC1(C(=O)N2CCC3(CCCCC3)CC2)CCC1. The summed E-state index contributed by atoms with van der Waals surface area (Å²) < 4.78 is 0. The molecule has 3 rings (SSSR count). The highest BCUT2D eigenvalue weighted by atomic mass is 35.5. The van der Waals surface area contributed by atoms with Crippen molar-refractivity contribution in [2.75, 3.05) is 13.1 Å². The molecule has 3 aliphatic rings. The van der Waals surface area contributed by atoms with Gasteiger partial charge in [-0.25, -0.2) is 0 Å². The molecule has 0 atom stereocenters. The van der Waals surface area contributed by atoms with Gasteiger partial charge in [-0.05, 0) is 50.4 Å². The van der Waals surface area contributed by atoms with Crippen molar-refractivity contribution >= 4 is 18.3 Å². The van der Waals surface area contributed by atoms with Crippen LogP contribution in [0, 0.1) is 5.41 Å². The normalized spacial score (nSPS) is 28.4. The summed E-state index contributed by atoms with van der Waals surface area (Å²) in [5.41, 5.74) is 6.25. The van der Waals surface area contributed by atoms with Crippen molar-refractivity contribution in [2.24, 2.45) is 11.1 Å². The summed E-state index contributed by atoms with van der Waals surface area (Å²) in [5.74, 6) is 0.236. The summed E-state index contributed by atoms with van der Waals surface area (Å²) in [5, 5.41) is 0. The summed E-state index contributed by atoms with van der Waals surface area (Å²) in [7, 11) is 0. The van der Waals surface area contributed by atoms with Crippen molar-refractivity contribution in [3.63, 3.8) is 0 Å². The van der Waals surface area contributed by atoms with Crippen LogP contribution in [0.4, 0.5) is 0 Å². The van der Waals surface area contributed by atoms with Gasteiger partial charge in [0.1, 0.15) is 0 Å². The summed E-state index contributed by atoms with van der Waals surface area (Å²) in [4.78, 5) is 14.4. The van der Waals surface area contributed by atoms with Crippen molar-refractivity contribution in [1.29, 1.82) is 0 Å². The second kappa shape index (κ2) is 5.61. The zero-order chi connectivity index (χ0) is 12.6. The number of carbonyl (C=O) groups excluding carboxylic acids is 1. The van der Waals surface area contributed by atoms with Gasteiger partial charge in [0, 0.05) is 13.1 Å². The molecule has 1 amide bonds. The Hall–Kier alpha value is -0.280. The van der Waals surface area contributed by atoms with E-state index in [0.29, 0.717) is 5.41 Å². The standard InChI is InChI=1S/C15H26N2O.ClH/c16-15(7-4-8-15)13(18)17-11-9-14(10-12-17)5-2-1-3-6-14;/h1-12,16H2;1H. The van der Waals surface area contributed by atoms with Crippen LogP contribution in [0.5, 0.6) is 0 Å². The smallest absolute Gasteiger partial charge is 0.242 e. The first-order valence-corrected chi connectivity index (χ1v) is 7.72. The fourth-order valence-electron chi connectivity index (χ4n) is 4.07. The van der Waals surface area contributed by atoms with Gasteiger partial charge in [0.15, 0.2) is 0 Å². The fourth-order valence-corrected chi connectivity index (χ4v) is 4.07. The fraction of sp³-hybridized carbons (Fsp3) is 0.933. The van der Waals surface area contributed by atoms with Crippen molar-refractivity contribution in [2.45, 2.75) is 69.7 Å². The maximum absolute atomic E-state index is 12.4. The maximum Gasteiger partial charge on any atom is 0.242 e. The van der Waals surface area contributed by atoms with Crippen molar-refractivity contribution in [3.8, 4) is 0 Å². The lowest BCUT2D eigenvalue weighted by molar-refractivity contribution is -0.143. The second-order valence-electron chi connectivity index (χ2n) is 6.86. The molecule has 0 unspecified atom stereocenters. The van der Waals surface area contributed by atoms with E-state index in [1.54, 1.807) is 0 Å². The zero-order valence-corrected chi connectivity index (χ0v) is 12.6. The van der Waals surface area contributed by atoms with Crippen LogP contribution in [-0.4, -0.2) is 29.4 Å². The van der Waals surface area contributed by atoms with Gasteiger partial charge in [-0.1, -0.05) is 19.3 Å². The number of hydrogen-bond donors (Lipinski definition) is 1. The zero-order valence-electron chi connectivity index (χ0n) is 11.8. The molecule has 3 nitrogen and oxygen atoms in total. The van der Waals surface area contributed by atoms with Crippen molar-refractivity contribution in [3.05, 3.63) is 0 Å². The highest BCUT2D eigenvalue weighted by Gasteiger charge is 2.45. The third kappa shape index (κ3) is 2.78. The molecule has 2 N–H and O–H groups in total. The molecule has 1 spiro atoms. The summed E-state index contributed by atoms with van der Waals surface area (Å²) in [6, 6.07) is 0. The number of amides is 1. The third-order valence-electron chi connectivity index (χ3n) is 5.70. The predicted octanol–water partition coefficient (Wildman–Crippen LogP) is 2.86. The Balaban J connectivity index is 0.00000133. The van der Waals surface area contributed by atoms with Gasteiger partial charge in [-0.3, -0.25) is 4.79 Å². The van der Waals surface area contributed by atoms with Crippen molar-refractivity contribution in [1.82, 2.24) is 4.90 Å². The quantitative estimate of drug-likeness (QED) is 0.806. The average molecular weight is 287 g/mol. The van der Waals surface area contributed by atoms with Gasteiger partial charge in [-0.15, -0.1) is 12.4 Å². The first-order valence-electron chi connectivity index (χ1n) is 7.72. The largest absolute Gasteiger partial charge is 0.341 e. The number of likely N-dealkylation sites (tertiary alicyclic amines) is 1. The number of nitrogens with two attached hydrogens (primary N) is 1. The maximum atomic E-state index is 12.4. The van der Waals surface area contributed by atoms with Crippen LogP contribution in [0.3, 0.4) is 0 Å². The molecular weight excluding hydrogens is 260 g/mol. The summed E-state index contributed by atoms with van der Waals surface area (Å²) in [6.07, 6.45) is 12.3. The van der Waals surface area contributed by atoms with Crippen LogP contribution in [0.2, 0.25) is 0 Å². The van der Waals surface area contributed by atoms with Gasteiger partial charge in [0.05, 0.1) is 5.54 Å². The van der Waals surface area contributed by atoms with Gasteiger partial charge in [0.2, 0.25) is 5.91 Å². The minimum Gasteiger partial charge on any atom is -0.341 e.